The van der Waals surface area contributed by atoms with Gasteiger partial charge in [0.25, 0.3) is 0 Å². The van der Waals surface area contributed by atoms with Crippen LogP contribution in [0.3, 0.4) is 0 Å². The van der Waals surface area contributed by atoms with E-state index in [9.17, 15) is 9.18 Å². The molecule has 0 saturated carbocycles. The fourth-order valence-corrected chi connectivity index (χ4v) is 1.33. The summed E-state index contributed by atoms with van der Waals surface area (Å²) in [7, 11) is 0. The van der Waals surface area contributed by atoms with Gasteiger partial charge in [0.05, 0.1) is 6.04 Å². The van der Waals surface area contributed by atoms with Crippen molar-refractivity contribution >= 4 is 5.91 Å². The highest BCUT2D eigenvalue weighted by Crippen LogP contribution is 2.13. The molecule has 1 rings (SSSR count). The Bertz CT molecular complexity index is 354. The van der Waals surface area contributed by atoms with E-state index in [-0.39, 0.29) is 11.9 Å². The molecule has 4 heteroatoms. The summed E-state index contributed by atoms with van der Waals surface area (Å²) in [5, 5.41) is 2.98. The normalized spacial score (nSPS) is 14.6. The summed E-state index contributed by atoms with van der Waals surface area (Å²) < 4.78 is 12.9. The molecule has 0 aromatic heterocycles. The topological polar surface area (TPSA) is 55.1 Å². The predicted molar refractivity (Wildman–Crippen MR) is 56.6 cm³/mol. The Labute approximate surface area is 88.5 Å². The number of amides is 1. The Morgan fingerprint density at radius 2 is 2.13 bits per heavy atom. The van der Waals surface area contributed by atoms with Crippen LogP contribution in [0.2, 0.25) is 0 Å². The summed E-state index contributed by atoms with van der Waals surface area (Å²) in [6, 6.07) is 5.72. The SMILES string of the molecule is CC(N[C@@H](C)c1cccc(F)c1)C(N)=O. The van der Waals surface area contributed by atoms with Gasteiger partial charge in [-0.2, -0.15) is 0 Å². The lowest BCUT2D eigenvalue weighted by Gasteiger charge is -2.17. The predicted octanol–water partition coefficient (Wildman–Crippen LogP) is 1.35. The largest absolute Gasteiger partial charge is 0.368 e. The number of halogens is 1. The summed E-state index contributed by atoms with van der Waals surface area (Å²) in [5.41, 5.74) is 5.91. The second-order valence-electron chi connectivity index (χ2n) is 3.57. The minimum absolute atomic E-state index is 0.108. The molecule has 0 aliphatic carbocycles. The molecular formula is C11H15FN2O. The zero-order chi connectivity index (χ0) is 11.4. The van der Waals surface area contributed by atoms with Crippen LogP contribution in [0.4, 0.5) is 4.39 Å². The van der Waals surface area contributed by atoms with Crippen molar-refractivity contribution in [3.05, 3.63) is 35.6 Å². The fraction of sp³-hybridized carbons (Fsp3) is 0.364. The Hall–Kier alpha value is -1.42. The Balaban J connectivity index is 2.68. The first-order valence-electron chi connectivity index (χ1n) is 4.81. The number of nitrogens with two attached hydrogens (primary N) is 1. The van der Waals surface area contributed by atoms with Crippen molar-refractivity contribution in [3.63, 3.8) is 0 Å². The highest BCUT2D eigenvalue weighted by Gasteiger charge is 2.13. The molecule has 0 aliphatic heterocycles. The number of hydrogen-bond donors (Lipinski definition) is 2. The molecule has 0 aliphatic rings. The molecule has 15 heavy (non-hydrogen) atoms. The van der Waals surface area contributed by atoms with Gasteiger partial charge in [-0.15, -0.1) is 0 Å². The quantitative estimate of drug-likeness (QED) is 0.788. The Morgan fingerprint density at radius 1 is 1.47 bits per heavy atom. The van der Waals surface area contributed by atoms with E-state index in [0.29, 0.717) is 0 Å². The highest BCUT2D eigenvalue weighted by molar-refractivity contribution is 5.79. The number of carbonyl (C=O) groups is 1. The van der Waals surface area contributed by atoms with Crippen molar-refractivity contribution < 1.29 is 9.18 Å². The summed E-state index contributed by atoms with van der Waals surface area (Å²) in [4.78, 5) is 10.8. The van der Waals surface area contributed by atoms with Gasteiger partial charge in [-0.25, -0.2) is 4.39 Å². The monoisotopic (exact) mass is 210 g/mol. The van der Waals surface area contributed by atoms with Crippen molar-refractivity contribution in [3.8, 4) is 0 Å². The van der Waals surface area contributed by atoms with E-state index in [2.05, 4.69) is 5.32 Å². The van der Waals surface area contributed by atoms with Crippen LogP contribution >= 0.6 is 0 Å². The molecule has 1 aromatic rings. The maximum atomic E-state index is 12.9. The second kappa shape index (κ2) is 4.89. The van der Waals surface area contributed by atoms with E-state index in [1.807, 2.05) is 6.92 Å². The molecule has 0 fully saturated rings. The van der Waals surface area contributed by atoms with Gasteiger partial charge in [0.15, 0.2) is 0 Å². The van der Waals surface area contributed by atoms with Gasteiger partial charge in [0, 0.05) is 6.04 Å². The molecule has 82 valence electrons. The molecule has 0 heterocycles. The lowest BCUT2D eigenvalue weighted by Crippen LogP contribution is -2.40. The lowest BCUT2D eigenvalue weighted by molar-refractivity contribution is -0.119. The molecule has 3 nitrogen and oxygen atoms in total. The van der Waals surface area contributed by atoms with E-state index >= 15 is 0 Å². The first-order chi connectivity index (χ1) is 7.00. The summed E-state index contributed by atoms with van der Waals surface area (Å²) in [5.74, 6) is -0.703. The second-order valence-corrected chi connectivity index (χ2v) is 3.57. The van der Waals surface area contributed by atoms with Crippen LogP contribution < -0.4 is 11.1 Å². The van der Waals surface area contributed by atoms with Gasteiger partial charge >= 0.3 is 0 Å². The molecule has 0 radical (unpaired) electrons. The van der Waals surface area contributed by atoms with Gasteiger partial charge in [-0.05, 0) is 31.5 Å². The number of primary amides is 1. The van der Waals surface area contributed by atoms with Crippen LogP contribution in [-0.4, -0.2) is 11.9 Å². The van der Waals surface area contributed by atoms with Gasteiger partial charge in [-0.3, -0.25) is 10.1 Å². The van der Waals surface area contributed by atoms with E-state index in [0.717, 1.165) is 5.56 Å². The molecule has 0 saturated heterocycles. The number of hydrogen-bond acceptors (Lipinski definition) is 2. The minimum Gasteiger partial charge on any atom is -0.368 e. The van der Waals surface area contributed by atoms with Gasteiger partial charge < -0.3 is 5.73 Å². The number of carbonyl (C=O) groups excluding carboxylic acids is 1. The minimum atomic E-state index is -0.428. The molecule has 1 aromatic carbocycles. The van der Waals surface area contributed by atoms with Crippen molar-refractivity contribution in [1.82, 2.24) is 5.32 Å². The van der Waals surface area contributed by atoms with Crippen LogP contribution in [-0.2, 0) is 4.79 Å². The first-order valence-corrected chi connectivity index (χ1v) is 4.81. The molecule has 1 unspecified atom stereocenters. The third-order valence-corrected chi connectivity index (χ3v) is 2.28. The zero-order valence-corrected chi connectivity index (χ0v) is 8.83. The molecule has 3 N–H and O–H groups in total. The van der Waals surface area contributed by atoms with Gasteiger partial charge in [0.2, 0.25) is 5.91 Å². The van der Waals surface area contributed by atoms with E-state index in [4.69, 9.17) is 5.73 Å². The smallest absolute Gasteiger partial charge is 0.234 e. The Morgan fingerprint density at radius 3 is 2.67 bits per heavy atom. The van der Waals surface area contributed by atoms with Crippen LogP contribution in [0, 0.1) is 5.82 Å². The lowest BCUT2D eigenvalue weighted by atomic mass is 10.1. The van der Waals surface area contributed by atoms with Crippen LogP contribution in [0.1, 0.15) is 25.5 Å². The van der Waals surface area contributed by atoms with Gasteiger partial charge in [-0.1, -0.05) is 12.1 Å². The molecule has 2 atom stereocenters. The summed E-state index contributed by atoms with van der Waals surface area (Å²) in [6.07, 6.45) is 0. The van der Waals surface area contributed by atoms with Crippen molar-refractivity contribution in [1.29, 1.82) is 0 Å². The number of rotatable bonds is 4. The van der Waals surface area contributed by atoms with E-state index in [1.54, 1.807) is 19.1 Å². The van der Waals surface area contributed by atoms with Crippen molar-refractivity contribution in [2.45, 2.75) is 25.9 Å². The molecular weight excluding hydrogens is 195 g/mol. The van der Waals surface area contributed by atoms with E-state index in [1.165, 1.54) is 12.1 Å². The maximum absolute atomic E-state index is 12.9. The zero-order valence-electron chi connectivity index (χ0n) is 8.83. The molecule has 0 bridgehead atoms. The third kappa shape index (κ3) is 3.32. The maximum Gasteiger partial charge on any atom is 0.234 e. The van der Waals surface area contributed by atoms with Crippen LogP contribution in [0.5, 0.6) is 0 Å². The Kier molecular flexibility index (Phi) is 3.80. The highest BCUT2D eigenvalue weighted by atomic mass is 19.1. The fourth-order valence-electron chi connectivity index (χ4n) is 1.33. The van der Waals surface area contributed by atoms with Crippen molar-refractivity contribution in [2.24, 2.45) is 5.73 Å². The number of benzene rings is 1. The number of nitrogens with one attached hydrogen (secondary N) is 1. The first kappa shape index (κ1) is 11.7. The third-order valence-electron chi connectivity index (χ3n) is 2.28. The summed E-state index contributed by atoms with van der Waals surface area (Å²) in [6.45, 7) is 3.53. The van der Waals surface area contributed by atoms with E-state index < -0.39 is 11.9 Å². The van der Waals surface area contributed by atoms with Crippen LogP contribution in [0.25, 0.3) is 0 Å². The average molecular weight is 210 g/mol. The van der Waals surface area contributed by atoms with Crippen LogP contribution in [0.15, 0.2) is 24.3 Å². The summed E-state index contributed by atoms with van der Waals surface area (Å²) >= 11 is 0. The van der Waals surface area contributed by atoms with Crippen molar-refractivity contribution in [2.75, 3.05) is 0 Å². The van der Waals surface area contributed by atoms with Gasteiger partial charge in [0.1, 0.15) is 5.82 Å². The average Bonchev–Trinajstić information content (AvgIpc) is 2.17. The molecule has 0 spiro atoms. The standard InChI is InChI=1S/C11H15FN2O/c1-7(14-8(2)11(13)15)9-4-3-5-10(12)6-9/h3-8,14H,1-2H3,(H2,13,15)/t7-,8?/m0/s1. The molecule has 1 amide bonds.